The molecular weight excluding hydrogens is 288 g/mol. The van der Waals surface area contributed by atoms with Gasteiger partial charge in [-0.15, -0.1) is 0 Å². The number of halogens is 1. The molecule has 1 aliphatic rings. The third-order valence-electron chi connectivity index (χ3n) is 4.29. The molecule has 2 aromatic heterocycles. The number of nitrogens with zero attached hydrogens (tertiary/aromatic N) is 4. The van der Waals surface area contributed by atoms with Crippen LogP contribution in [-0.4, -0.2) is 24.7 Å². The fraction of sp³-hybridized carbons (Fsp3) is 0.600. The predicted molar refractivity (Wildman–Crippen MR) is 81.4 cm³/mol. The van der Waals surface area contributed by atoms with E-state index in [1.807, 2.05) is 23.9 Å². The van der Waals surface area contributed by atoms with Gasteiger partial charge in [-0.05, 0) is 25.8 Å². The molecule has 5 nitrogen and oxygen atoms in total. The standard InChI is InChI=1S/C15H21ClN4O/c1-10-14(15(16)19(2)17-10)13(21)9-11-7-8-20(18-11)12-5-3-4-6-12/h7-8,12-13,21H,3-6,9H2,1-2H3. The number of hydrogen-bond acceptors (Lipinski definition) is 3. The average Bonchev–Trinajstić information content (AvgIpc) is 3.11. The molecule has 0 bridgehead atoms. The van der Waals surface area contributed by atoms with E-state index in [1.54, 1.807) is 11.7 Å². The van der Waals surface area contributed by atoms with Crippen molar-refractivity contribution >= 4 is 11.6 Å². The van der Waals surface area contributed by atoms with Gasteiger partial charge in [0, 0.05) is 25.2 Å². The number of aliphatic hydroxyl groups is 1. The van der Waals surface area contributed by atoms with Crippen LogP contribution in [0.5, 0.6) is 0 Å². The summed E-state index contributed by atoms with van der Waals surface area (Å²) < 4.78 is 3.64. The number of rotatable bonds is 4. The van der Waals surface area contributed by atoms with Gasteiger partial charge in [-0.1, -0.05) is 24.4 Å². The fourth-order valence-electron chi connectivity index (χ4n) is 3.18. The largest absolute Gasteiger partial charge is 0.388 e. The molecule has 1 unspecified atom stereocenters. The topological polar surface area (TPSA) is 55.9 Å². The monoisotopic (exact) mass is 308 g/mol. The lowest BCUT2D eigenvalue weighted by atomic mass is 10.1. The summed E-state index contributed by atoms with van der Waals surface area (Å²) in [6.07, 6.45) is 6.80. The van der Waals surface area contributed by atoms with Crippen LogP contribution in [0.2, 0.25) is 5.15 Å². The van der Waals surface area contributed by atoms with Gasteiger partial charge < -0.3 is 5.11 Å². The molecule has 0 spiro atoms. The zero-order valence-corrected chi connectivity index (χ0v) is 13.2. The van der Waals surface area contributed by atoms with Crippen LogP contribution in [0, 0.1) is 6.92 Å². The van der Waals surface area contributed by atoms with Gasteiger partial charge in [0.2, 0.25) is 0 Å². The van der Waals surface area contributed by atoms with Crippen molar-refractivity contribution in [1.29, 1.82) is 0 Å². The summed E-state index contributed by atoms with van der Waals surface area (Å²) in [6.45, 7) is 1.86. The van der Waals surface area contributed by atoms with Gasteiger partial charge in [0.15, 0.2) is 0 Å². The lowest BCUT2D eigenvalue weighted by Crippen LogP contribution is -2.08. The minimum absolute atomic E-state index is 0.464. The molecule has 2 heterocycles. The van der Waals surface area contributed by atoms with Crippen molar-refractivity contribution < 1.29 is 5.11 Å². The van der Waals surface area contributed by atoms with Crippen LogP contribution < -0.4 is 0 Å². The summed E-state index contributed by atoms with van der Waals surface area (Å²) in [6, 6.07) is 2.51. The Hall–Kier alpha value is -1.33. The van der Waals surface area contributed by atoms with Crippen LogP contribution in [0.15, 0.2) is 12.3 Å². The predicted octanol–water partition coefficient (Wildman–Crippen LogP) is 2.97. The van der Waals surface area contributed by atoms with Gasteiger partial charge in [-0.3, -0.25) is 9.36 Å². The summed E-state index contributed by atoms with van der Waals surface area (Å²) >= 11 is 6.20. The highest BCUT2D eigenvalue weighted by Gasteiger charge is 2.22. The highest BCUT2D eigenvalue weighted by molar-refractivity contribution is 6.30. The Kier molecular flexibility index (Phi) is 4.04. The summed E-state index contributed by atoms with van der Waals surface area (Å²) in [7, 11) is 1.78. The van der Waals surface area contributed by atoms with E-state index in [-0.39, 0.29) is 0 Å². The van der Waals surface area contributed by atoms with Crippen molar-refractivity contribution in [3.05, 3.63) is 34.4 Å². The maximum atomic E-state index is 10.4. The zero-order chi connectivity index (χ0) is 15.0. The first kappa shape index (κ1) is 14.6. The summed E-state index contributed by atoms with van der Waals surface area (Å²) in [4.78, 5) is 0. The second-order valence-electron chi connectivity index (χ2n) is 5.86. The minimum atomic E-state index is -0.668. The first-order chi connectivity index (χ1) is 10.1. The molecule has 0 saturated heterocycles. The molecular formula is C15H21ClN4O. The Labute approximate surface area is 129 Å². The maximum Gasteiger partial charge on any atom is 0.132 e. The van der Waals surface area contributed by atoms with E-state index >= 15 is 0 Å². The van der Waals surface area contributed by atoms with Crippen LogP contribution in [0.1, 0.15) is 54.8 Å². The van der Waals surface area contributed by atoms with Crippen LogP contribution >= 0.6 is 11.6 Å². The smallest absolute Gasteiger partial charge is 0.132 e. The van der Waals surface area contributed by atoms with Crippen molar-refractivity contribution in [2.75, 3.05) is 0 Å². The van der Waals surface area contributed by atoms with E-state index < -0.39 is 6.10 Å². The molecule has 1 saturated carbocycles. The van der Waals surface area contributed by atoms with Crippen LogP contribution in [0.25, 0.3) is 0 Å². The Balaban J connectivity index is 1.74. The molecule has 3 rings (SSSR count). The second-order valence-corrected chi connectivity index (χ2v) is 6.22. The molecule has 1 aliphatic carbocycles. The molecule has 1 atom stereocenters. The molecule has 0 amide bonds. The van der Waals surface area contributed by atoms with E-state index in [1.165, 1.54) is 25.7 Å². The fourth-order valence-corrected chi connectivity index (χ4v) is 3.48. The summed E-state index contributed by atoms with van der Waals surface area (Å²) in [5.74, 6) is 0. The van der Waals surface area contributed by atoms with Crippen molar-refractivity contribution in [2.45, 2.75) is 51.2 Å². The third-order valence-corrected chi connectivity index (χ3v) is 4.74. The lowest BCUT2D eigenvalue weighted by Gasteiger charge is -2.10. The van der Waals surface area contributed by atoms with Gasteiger partial charge in [0.1, 0.15) is 5.15 Å². The number of aryl methyl sites for hydroxylation is 2. The van der Waals surface area contributed by atoms with Gasteiger partial charge in [0.25, 0.3) is 0 Å². The van der Waals surface area contributed by atoms with Gasteiger partial charge in [0.05, 0.1) is 23.5 Å². The van der Waals surface area contributed by atoms with E-state index in [2.05, 4.69) is 10.2 Å². The molecule has 1 fully saturated rings. The number of aliphatic hydroxyl groups excluding tert-OH is 1. The average molecular weight is 309 g/mol. The summed E-state index contributed by atoms with van der Waals surface area (Å²) in [5, 5.41) is 19.8. The Morgan fingerprint density at radius 1 is 1.38 bits per heavy atom. The van der Waals surface area contributed by atoms with Crippen LogP contribution in [-0.2, 0) is 13.5 Å². The molecule has 6 heteroatoms. The number of aromatic nitrogens is 4. The third kappa shape index (κ3) is 2.85. The molecule has 1 N–H and O–H groups in total. The Bertz CT molecular complexity index is 628. The highest BCUT2D eigenvalue weighted by atomic mass is 35.5. The van der Waals surface area contributed by atoms with Gasteiger partial charge >= 0.3 is 0 Å². The Morgan fingerprint density at radius 3 is 2.71 bits per heavy atom. The second kappa shape index (κ2) is 5.81. The van der Waals surface area contributed by atoms with Gasteiger partial charge in [-0.25, -0.2) is 0 Å². The zero-order valence-electron chi connectivity index (χ0n) is 12.5. The van der Waals surface area contributed by atoms with Crippen molar-refractivity contribution in [1.82, 2.24) is 19.6 Å². The van der Waals surface area contributed by atoms with E-state index in [0.29, 0.717) is 23.2 Å². The SMILES string of the molecule is Cc1nn(C)c(Cl)c1C(O)Cc1ccn(C2CCCC2)n1. The van der Waals surface area contributed by atoms with Crippen LogP contribution in [0.4, 0.5) is 0 Å². The molecule has 2 aromatic rings. The molecule has 0 aromatic carbocycles. The van der Waals surface area contributed by atoms with Gasteiger partial charge in [-0.2, -0.15) is 10.2 Å². The van der Waals surface area contributed by atoms with Crippen molar-refractivity contribution in [3.63, 3.8) is 0 Å². The van der Waals surface area contributed by atoms with E-state index in [0.717, 1.165) is 11.4 Å². The first-order valence-corrected chi connectivity index (χ1v) is 7.85. The normalized spacial score (nSPS) is 17.5. The lowest BCUT2D eigenvalue weighted by molar-refractivity contribution is 0.176. The molecule has 114 valence electrons. The molecule has 21 heavy (non-hydrogen) atoms. The van der Waals surface area contributed by atoms with E-state index in [9.17, 15) is 5.11 Å². The summed E-state index contributed by atoms with van der Waals surface area (Å²) in [5.41, 5.74) is 2.37. The van der Waals surface area contributed by atoms with Crippen LogP contribution in [0.3, 0.4) is 0 Å². The number of hydrogen-bond donors (Lipinski definition) is 1. The van der Waals surface area contributed by atoms with Crippen molar-refractivity contribution in [2.24, 2.45) is 7.05 Å². The highest BCUT2D eigenvalue weighted by Crippen LogP contribution is 2.30. The molecule has 0 radical (unpaired) electrons. The molecule has 0 aliphatic heterocycles. The first-order valence-electron chi connectivity index (χ1n) is 7.47. The van der Waals surface area contributed by atoms with Crippen molar-refractivity contribution in [3.8, 4) is 0 Å². The quantitative estimate of drug-likeness (QED) is 0.944. The Morgan fingerprint density at radius 2 is 2.10 bits per heavy atom. The minimum Gasteiger partial charge on any atom is -0.388 e. The maximum absolute atomic E-state index is 10.4. The van der Waals surface area contributed by atoms with E-state index in [4.69, 9.17) is 11.6 Å².